The number of carbonyl (C=O) groups excluding carboxylic acids is 1. The normalized spacial score (nSPS) is 12.0. The fourth-order valence-corrected chi connectivity index (χ4v) is 5.70. The lowest BCUT2D eigenvalue weighted by Crippen LogP contribution is -2.28. The summed E-state index contributed by atoms with van der Waals surface area (Å²) in [6, 6.07) is 17.5. The molecule has 0 saturated carbocycles. The second-order valence-corrected chi connectivity index (χ2v) is 10.7. The average molecular weight is 516 g/mol. The lowest BCUT2D eigenvalue weighted by molar-refractivity contribution is -0.139. The van der Waals surface area contributed by atoms with Gasteiger partial charge < -0.3 is 9.84 Å². The van der Waals surface area contributed by atoms with Gasteiger partial charge in [0.2, 0.25) is 0 Å². The zero-order valence-corrected chi connectivity index (χ0v) is 24.4. The molecular formula is C34H45NO3. The lowest BCUT2D eigenvalue weighted by Gasteiger charge is -2.34. The van der Waals surface area contributed by atoms with Gasteiger partial charge in [0.15, 0.2) is 0 Å². The summed E-state index contributed by atoms with van der Waals surface area (Å²) in [5.41, 5.74) is 8.62. The molecule has 204 valence electrons. The highest BCUT2D eigenvalue weighted by atomic mass is 16.5. The van der Waals surface area contributed by atoms with Crippen LogP contribution in [0.2, 0.25) is 0 Å². The maximum absolute atomic E-state index is 11.8. The van der Waals surface area contributed by atoms with Crippen molar-refractivity contribution < 1.29 is 14.6 Å². The molecule has 4 heteroatoms. The quantitative estimate of drug-likeness (QED) is 0.251. The smallest absolute Gasteiger partial charge is 0.309 e. The van der Waals surface area contributed by atoms with Crippen LogP contribution >= 0.6 is 0 Å². The Balaban J connectivity index is 1.94. The Morgan fingerprint density at radius 2 is 1.50 bits per heavy atom. The van der Waals surface area contributed by atoms with E-state index < -0.39 is 5.60 Å². The first-order valence-electron chi connectivity index (χ1n) is 14.1. The van der Waals surface area contributed by atoms with Gasteiger partial charge in [-0.3, -0.25) is 9.78 Å². The van der Waals surface area contributed by atoms with Crippen molar-refractivity contribution in [1.82, 2.24) is 4.98 Å². The van der Waals surface area contributed by atoms with Crippen LogP contribution in [-0.4, -0.2) is 28.8 Å². The maximum atomic E-state index is 11.8. The number of methoxy groups -OCH3 is 1. The molecule has 0 radical (unpaired) electrons. The first-order chi connectivity index (χ1) is 18.1. The number of esters is 1. The van der Waals surface area contributed by atoms with Gasteiger partial charge in [-0.05, 0) is 97.9 Å². The van der Waals surface area contributed by atoms with E-state index in [2.05, 4.69) is 82.9 Å². The van der Waals surface area contributed by atoms with Gasteiger partial charge in [0.1, 0.15) is 0 Å². The summed E-state index contributed by atoms with van der Waals surface area (Å²) in [5.74, 6) is -0.252. The molecule has 0 spiro atoms. The van der Waals surface area contributed by atoms with Crippen molar-refractivity contribution in [2.75, 3.05) is 7.11 Å². The third-order valence-electron chi connectivity index (χ3n) is 8.73. The van der Waals surface area contributed by atoms with Crippen LogP contribution in [-0.2, 0) is 27.8 Å². The van der Waals surface area contributed by atoms with Crippen LogP contribution in [0, 0.1) is 13.8 Å². The van der Waals surface area contributed by atoms with Crippen molar-refractivity contribution in [3.8, 4) is 11.3 Å². The van der Waals surface area contributed by atoms with E-state index in [1.165, 1.54) is 34.9 Å². The van der Waals surface area contributed by atoms with Crippen LogP contribution in [0.15, 0.2) is 54.7 Å². The third kappa shape index (κ3) is 6.35. The standard InChI is InChI=1S/C34H45NO3/c1-8-33(37,9-2)18-16-27-12-13-28(20-24(27)5)34(10-3,11-4)29-14-15-30(25(6)21-29)31-22-26(17-19-35-31)23-32(36)38-7/h12-15,17,19-22,37H,8-11,16,18,23H2,1-7H3. The van der Waals surface area contributed by atoms with E-state index in [0.717, 1.165) is 55.3 Å². The molecule has 1 aromatic heterocycles. The lowest BCUT2D eigenvalue weighted by atomic mass is 9.69. The van der Waals surface area contributed by atoms with Crippen LogP contribution in [0.4, 0.5) is 0 Å². The van der Waals surface area contributed by atoms with E-state index in [1.54, 1.807) is 6.20 Å². The van der Waals surface area contributed by atoms with Gasteiger partial charge in [-0.2, -0.15) is 0 Å². The monoisotopic (exact) mass is 515 g/mol. The molecule has 1 N–H and O–H groups in total. The molecule has 0 aliphatic carbocycles. The molecule has 0 unspecified atom stereocenters. The van der Waals surface area contributed by atoms with E-state index in [1.807, 2.05) is 12.1 Å². The molecule has 0 atom stereocenters. The van der Waals surface area contributed by atoms with Gasteiger partial charge in [-0.15, -0.1) is 0 Å². The fourth-order valence-electron chi connectivity index (χ4n) is 5.70. The van der Waals surface area contributed by atoms with Crippen molar-refractivity contribution in [2.45, 2.75) is 97.5 Å². The van der Waals surface area contributed by atoms with E-state index in [4.69, 9.17) is 4.74 Å². The predicted octanol–water partition coefficient (Wildman–Crippen LogP) is 7.67. The van der Waals surface area contributed by atoms with Crippen molar-refractivity contribution in [3.05, 3.63) is 88.1 Å². The number of carbonyl (C=O) groups is 1. The predicted molar refractivity (Wildman–Crippen MR) is 157 cm³/mol. The Hall–Kier alpha value is -2.98. The van der Waals surface area contributed by atoms with E-state index >= 15 is 0 Å². The number of nitrogens with zero attached hydrogens (tertiary/aromatic N) is 1. The number of aliphatic hydroxyl groups is 1. The number of aromatic nitrogens is 1. The minimum Gasteiger partial charge on any atom is -0.469 e. The summed E-state index contributed by atoms with van der Waals surface area (Å²) < 4.78 is 4.83. The summed E-state index contributed by atoms with van der Waals surface area (Å²) in [7, 11) is 1.41. The number of ether oxygens (including phenoxy) is 1. The molecule has 3 aromatic rings. The summed E-state index contributed by atoms with van der Waals surface area (Å²) in [6.45, 7) is 13.0. The molecule has 0 aliphatic heterocycles. The summed E-state index contributed by atoms with van der Waals surface area (Å²) in [4.78, 5) is 16.3. The molecule has 2 aromatic carbocycles. The Morgan fingerprint density at radius 3 is 2.05 bits per heavy atom. The minimum atomic E-state index is -0.575. The van der Waals surface area contributed by atoms with Crippen molar-refractivity contribution in [2.24, 2.45) is 0 Å². The van der Waals surface area contributed by atoms with Crippen molar-refractivity contribution >= 4 is 5.97 Å². The van der Waals surface area contributed by atoms with Crippen LogP contribution in [0.5, 0.6) is 0 Å². The van der Waals surface area contributed by atoms with Crippen LogP contribution < -0.4 is 0 Å². The second-order valence-electron chi connectivity index (χ2n) is 10.7. The largest absolute Gasteiger partial charge is 0.469 e. The Bertz CT molecular complexity index is 1240. The average Bonchev–Trinajstić information content (AvgIpc) is 2.93. The zero-order valence-electron chi connectivity index (χ0n) is 24.4. The number of rotatable bonds is 12. The van der Waals surface area contributed by atoms with Crippen LogP contribution in [0.3, 0.4) is 0 Å². The molecular weight excluding hydrogens is 470 g/mol. The Kier molecular flexibility index (Phi) is 9.89. The van der Waals surface area contributed by atoms with Crippen LogP contribution in [0.1, 0.15) is 93.2 Å². The van der Waals surface area contributed by atoms with E-state index in [0.29, 0.717) is 0 Å². The summed E-state index contributed by atoms with van der Waals surface area (Å²) in [5, 5.41) is 10.8. The molecule has 3 rings (SSSR count). The van der Waals surface area contributed by atoms with Crippen LogP contribution in [0.25, 0.3) is 11.3 Å². The second kappa shape index (κ2) is 12.7. The Labute approximate surface area is 229 Å². The molecule has 38 heavy (non-hydrogen) atoms. The zero-order chi connectivity index (χ0) is 27.9. The van der Waals surface area contributed by atoms with Gasteiger partial charge in [0.25, 0.3) is 0 Å². The van der Waals surface area contributed by atoms with Crippen molar-refractivity contribution in [1.29, 1.82) is 0 Å². The SMILES string of the molecule is CCC(O)(CC)CCc1ccc(C(CC)(CC)c2ccc(-c3cc(CC(=O)OC)ccn3)c(C)c2)cc1C. The van der Waals surface area contributed by atoms with Gasteiger partial charge in [-0.1, -0.05) is 64.1 Å². The molecule has 0 bridgehead atoms. The number of benzene rings is 2. The highest BCUT2D eigenvalue weighted by molar-refractivity contribution is 5.73. The van der Waals surface area contributed by atoms with Gasteiger partial charge in [0.05, 0.1) is 24.8 Å². The van der Waals surface area contributed by atoms with E-state index in [9.17, 15) is 9.90 Å². The number of pyridine rings is 1. The topological polar surface area (TPSA) is 59.4 Å². The Morgan fingerprint density at radius 1 is 0.868 bits per heavy atom. The first kappa shape index (κ1) is 29.6. The maximum Gasteiger partial charge on any atom is 0.309 e. The molecule has 0 fully saturated rings. The number of aryl methyl sites for hydroxylation is 3. The van der Waals surface area contributed by atoms with Crippen molar-refractivity contribution in [3.63, 3.8) is 0 Å². The minimum absolute atomic E-state index is 0.0830. The molecule has 1 heterocycles. The molecule has 0 saturated heterocycles. The molecule has 0 aliphatic rings. The molecule has 4 nitrogen and oxygen atoms in total. The number of hydrogen-bond donors (Lipinski definition) is 1. The van der Waals surface area contributed by atoms with Gasteiger partial charge in [0, 0.05) is 17.2 Å². The summed E-state index contributed by atoms with van der Waals surface area (Å²) in [6.07, 6.45) is 7.26. The highest BCUT2D eigenvalue weighted by Crippen LogP contribution is 2.41. The first-order valence-corrected chi connectivity index (χ1v) is 14.1. The van der Waals surface area contributed by atoms with E-state index in [-0.39, 0.29) is 17.8 Å². The highest BCUT2D eigenvalue weighted by Gasteiger charge is 2.31. The number of hydrogen-bond acceptors (Lipinski definition) is 4. The summed E-state index contributed by atoms with van der Waals surface area (Å²) >= 11 is 0. The van der Waals surface area contributed by atoms with Gasteiger partial charge >= 0.3 is 5.97 Å². The third-order valence-corrected chi connectivity index (χ3v) is 8.73. The van der Waals surface area contributed by atoms with Gasteiger partial charge in [-0.25, -0.2) is 0 Å². The molecule has 0 amide bonds. The fraction of sp³-hybridized carbons (Fsp3) is 0.471.